The Kier molecular flexibility index (Phi) is 5.10. The van der Waals surface area contributed by atoms with Gasteiger partial charge in [-0.15, -0.1) is 0 Å². The fraction of sp³-hybridized carbons (Fsp3) is 0.462. The van der Waals surface area contributed by atoms with Gasteiger partial charge in [0.25, 0.3) is 0 Å². The number of Topliss-reactive ketones (excluding diaryl/α,β-unsaturated/α-hetero) is 1. The van der Waals surface area contributed by atoms with Crippen LogP contribution in [0.15, 0.2) is 18.2 Å². The van der Waals surface area contributed by atoms with Gasteiger partial charge in [0.15, 0.2) is 17.3 Å². The van der Waals surface area contributed by atoms with E-state index in [-0.39, 0.29) is 18.0 Å². The third-order valence-corrected chi connectivity index (χ3v) is 2.63. The molecule has 1 rings (SSSR count). The SMILES string of the molecule is CCCC(N)C(=O)Cc1cccc(F)c1OC. The molecule has 0 aliphatic carbocycles. The molecule has 3 nitrogen and oxygen atoms in total. The predicted molar refractivity (Wildman–Crippen MR) is 64.5 cm³/mol. The Morgan fingerprint density at radius 3 is 2.82 bits per heavy atom. The van der Waals surface area contributed by atoms with Gasteiger partial charge in [0, 0.05) is 12.0 Å². The molecule has 17 heavy (non-hydrogen) atoms. The number of hydrogen-bond donors (Lipinski definition) is 1. The van der Waals surface area contributed by atoms with E-state index in [0.717, 1.165) is 6.42 Å². The van der Waals surface area contributed by atoms with Crippen molar-refractivity contribution in [3.05, 3.63) is 29.6 Å². The van der Waals surface area contributed by atoms with Crippen molar-refractivity contribution in [1.29, 1.82) is 0 Å². The molecule has 0 amide bonds. The van der Waals surface area contributed by atoms with E-state index in [0.29, 0.717) is 12.0 Å². The standard InChI is InChI=1S/C13H18FNO2/c1-3-5-11(15)12(16)8-9-6-4-7-10(14)13(9)17-2/h4,6-7,11H,3,5,8,15H2,1-2H3. The summed E-state index contributed by atoms with van der Waals surface area (Å²) in [5.74, 6) is -0.415. The first kappa shape index (κ1) is 13.6. The van der Waals surface area contributed by atoms with Gasteiger partial charge in [-0.2, -0.15) is 0 Å². The van der Waals surface area contributed by atoms with Crippen molar-refractivity contribution in [3.63, 3.8) is 0 Å². The molecule has 1 atom stereocenters. The molecule has 0 fully saturated rings. The lowest BCUT2D eigenvalue weighted by Crippen LogP contribution is -2.31. The number of nitrogens with two attached hydrogens (primary N) is 1. The monoisotopic (exact) mass is 239 g/mol. The van der Waals surface area contributed by atoms with Crippen molar-refractivity contribution in [3.8, 4) is 5.75 Å². The zero-order valence-corrected chi connectivity index (χ0v) is 10.2. The summed E-state index contributed by atoms with van der Waals surface area (Å²) < 4.78 is 18.3. The highest BCUT2D eigenvalue weighted by Gasteiger charge is 2.16. The zero-order chi connectivity index (χ0) is 12.8. The molecule has 1 aromatic rings. The number of para-hydroxylation sites is 1. The minimum absolute atomic E-state index is 0.0873. The molecule has 0 saturated heterocycles. The maximum atomic E-state index is 13.4. The molecule has 0 saturated carbocycles. The van der Waals surface area contributed by atoms with Crippen molar-refractivity contribution in [2.24, 2.45) is 5.73 Å². The number of hydrogen-bond acceptors (Lipinski definition) is 3. The third kappa shape index (κ3) is 3.53. The summed E-state index contributed by atoms with van der Waals surface area (Å²) in [6.45, 7) is 1.97. The van der Waals surface area contributed by atoms with Crippen LogP contribution in [0.4, 0.5) is 4.39 Å². The second-order valence-corrected chi connectivity index (χ2v) is 3.97. The van der Waals surface area contributed by atoms with Crippen LogP contribution in [0.25, 0.3) is 0 Å². The maximum absolute atomic E-state index is 13.4. The van der Waals surface area contributed by atoms with Crippen molar-refractivity contribution in [2.45, 2.75) is 32.2 Å². The van der Waals surface area contributed by atoms with Gasteiger partial charge in [0.05, 0.1) is 13.2 Å². The average molecular weight is 239 g/mol. The smallest absolute Gasteiger partial charge is 0.165 e. The van der Waals surface area contributed by atoms with E-state index in [4.69, 9.17) is 10.5 Å². The molecular weight excluding hydrogens is 221 g/mol. The van der Waals surface area contributed by atoms with Crippen molar-refractivity contribution < 1.29 is 13.9 Å². The largest absolute Gasteiger partial charge is 0.493 e. The first-order valence-electron chi connectivity index (χ1n) is 5.69. The minimum Gasteiger partial charge on any atom is -0.493 e. The van der Waals surface area contributed by atoms with Crippen LogP contribution in [0.5, 0.6) is 5.75 Å². The molecule has 0 radical (unpaired) electrons. The summed E-state index contributed by atoms with van der Waals surface area (Å²) in [5, 5.41) is 0. The second kappa shape index (κ2) is 6.35. The van der Waals surface area contributed by atoms with E-state index in [1.807, 2.05) is 6.92 Å². The number of ether oxygens (including phenoxy) is 1. The second-order valence-electron chi connectivity index (χ2n) is 3.97. The molecular formula is C13H18FNO2. The molecule has 0 bridgehead atoms. The molecule has 1 aromatic carbocycles. The number of benzene rings is 1. The summed E-state index contributed by atoms with van der Waals surface area (Å²) in [7, 11) is 1.39. The average Bonchev–Trinajstić information content (AvgIpc) is 2.29. The van der Waals surface area contributed by atoms with Gasteiger partial charge >= 0.3 is 0 Å². The Bertz CT molecular complexity index is 393. The Balaban J connectivity index is 2.81. The number of carbonyl (C=O) groups is 1. The molecule has 94 valence electrons. The summed E-state index contributed by atoms with van der Waals surface area (Å²) in [6.07, 6.45) is 1.62. The van der Waals surface area contributed by atoms with Gasteiger partial charge in [-0.25, -0.2) is 4.39 Å². The lowest BCUT2D eigenvalue weighted by Gasteiger charge is -2.12. The van der Waals surface area contributed by atoms with Crippen LogP contribution >= 0.6 is 0 Å². The van der Waals surface area contributed by atoms with Gasteiger partial charge in [-0.05, 0) is 12.5 Å². The molecule has 0 spiro atoms. The Morgan fingerprint density at radius 2 is 2.24 bits per heavy atom. The molecule has 1 unspecified atom stereocenters. The lowest BCUT2D eigenvalue weighted by atomic mass is 10.0. The first-order valence-corrected chi connectivity index (χ1v) is 5.69. The first-order chi connectivity index (χ1) is 8.10. The predicted octanol–water partition coefficient (Wildman–Crippen LogP) is 2.07. The van der Waals surface area contributed by atoms with Gasteiger partial charge in [0.2, 0.25) is 0 Å². The van der Waals surface area contributed by atoms with Crippen LogP contribution in [0.2, 0.25) is 0 Å². The topological polar surface area (TPSA) is 52.3 Å². The Labute approximate surface area is 101 Å². The molecule has 0 aliphatic rings. The maximum Gasteiger partial charge on any atom is 0.165 e. The van der Waals surface area contributed by atoms with Gasteiger partial charge in [-0.3, -0.25) is 4.79 Å². The number of carbonyl (C=O) groups excluding carboxylic acids is 1. The van der Waals surface area contributed by atoms with Crippen LogP contribution < -0.4 is 10.5 Å². The highest BCUT2D eigenvalue weighted by Crippen LogP contribution is 2.23. The Hall–Kier alpha value is -1.42. The fourth-order valence-electron chi connectivity index (χ4n) is 1.71. The van der Waals surface area contributed by atoms with Crippen LogP contribution in [0.1, 0.15) is 25.3 Å². The number of rotatable bonds is 6. The summed E-state index contributed by atoms with van der Waals surface area (Å²) in [4.78, 5) is 11.8. The molecule has 2 N–H and O–H groups in total. The molecule has 0 aromatic heterocycles. The Morgan fingerprint density at radius 1 is 1.53 bits per heavy atom. The summed E-state index contributed by atoms with van der Waals surface area (Å²) >= 11 is 0. The quantitative estimate of drug-likeness (QED) is 0.826. The van der Waals surface area contributed by atoms with E-state index >= 15 is 0 Å². The van der Waals surface area contributed by atoms with E-state index in [1.54, 1.807) is 12.1 Å². The summed E-state index contributed by atoms with van der Waals surface area (Å²) in [6, 6.07) is 4.07. The lowest BCUT2D eigenvalue weighted by molar-refractivity contribution is -0.119. The van der Waals surface area contributed by atoms with Gasteiger partial charge in [-0.1, -0.05) is 25.5 Å². The molecule has 0 aliphatic heterocycles. The normalized spacial score (nSPS) is 12.2. The molecule has 4 heteroatoms. The number of methoxy groups -OCH3 is 1. The van der Waals surface area contributed by atoms with E-state index in [2.05, 4.69) is 0 Å². The van der Waals surface area contributed by atoms with Crippen molar-refractivity contribution >= 4 is 5.78 Å². The van der Waals surface area contributed by atoms with Crippen LogP contribution in [0.3, 0.4) is 0 Å². The number of halogens is 1. The van der Waals surface area contributed by atoms with E-state index in [1.165, 1.54) is 13.2 Å². The number of ketones is 1. The zero-order valence-electron chi connectivity index (χ0n) is 10.2. The van der Waals surface area contributed by atoms with Crippen molar-refractivity contribution in [2.75, 3.05) is 7.11 Å². The summed E-state index contributed by atoms with van der Waals surface area (Å²) in [5.41, 5.74) is 6.27. The van der Waals surface area contributed by atoms with Crippen LogP contribution in [-0.2, 0) is 11.2 Å². The third-order valence-electron chi connectivity index (χ3n) is 2.63. The minimum atomic E-state index is -0.479. The van der Waals surface area contributed by atoms with Gasteiger partial charge in [0.1, 0.15) is 0 Å². The van der Waals surface area contributed by atoms with Crippen LogP contribution in [-0.4, -0.2) is 18.9 Å². The molecule has 0 heterocycles. The fourth-order valence-corrected chi connectivity index (χ4v) is 1.71. The highest BCUT2D eigenvalue weighted by atomic mass is 19.1. The highest BCUT2D eigenvalue weighted by molar-refractivity contribution is 5.86. The van der Waals surface area contributed by atoms with Gasteiger partial charge < -0.3 is 10.5 Å². The van der Waals surface area contributed by atoms with Crippen LogP contribution in [0, 0.1) is 5.82 Å². The van der Waals surface area contributed by atoms with E-state index in [9.17, 15) is 9.18 Å². The van der Waals surface area contributed by atoms with Crippen molar-refractivity contribution in [1.82, 2.24) is 0 Å². The van der Waals surface area contributed by atoms with E-state index < -0.39 is 11.9 Å².